The lowest BCUT2D eigenvalue weighted by atomic mass is 9.87. The van der Waals surface area contributed by atoms with E-state index in [1.165, 1.54) is 11.1 Å². The van der Waals surface area contributed by atoms with Gasteiger partial charge in [0.25, 0.3) is 0 Å². The maximum Gasteiger partial charge on any atom is 0.219 e. The van der Waals surface area contributed by atoms with Crippen LogP contribution in [-0.4, -0.2) is 30.4 Å². The van der Waals surface area contributed by atoms with Gasteiger partial charge in [-0.15, -0.1) is 12.4 Å². The molecule has 19 heavy (non-hydrogen) atoms. The number of benzene rings is 1. The molecule has 1 aromatic rings. The van der Waals surface area contributed by atoms with Gasteiger partial charge in [-0.1, -0.05) is 24.3 Å². The number of likely N-dealkylation sites (tertiary alicyclic amines) is 1. The van der Waals surface area contributed by atoms with Crippen molar-refractivity contribution < 1.29 is 4.79 Å². The van der Waals surface area contributed by atoms with Gasteiger partial charge in [0.05, 0.1) is 6.04 Å². The number of fused-ring (bicyclic) bond motifs is 1. The molecule has 3 atom stereocenters. The van der Waals surface area contributed by atoms with Crippen molar-refractivity contribution >= 4 is 18.3 Å². The van der Waals surface area contributed by atoms with Gasteiger partial charge in [-0.3, -0.25) is 4.79 Å². The van der Waals surface area contributed by atoms with Crippen molar-refractivity contribution in [3.63, 3.8) is 0 Å². The number of rotatable bonds is 1. The molecule has 1 N–H and O–H groups in total. The smallest absolute Gasteiger partial charge is 0.219 e. The van der Waals surface area contributed by atoms with E-state index >= 15 is 0 Å². The Morgan fingerprint density at radius 3 is 2.74 bits per heavy atom. The number of carbonyl (C=O) groups is 1. The van der Waals surface area contributed by atoms with Crippen LogP contribution in [0.5, 0.6) is 0 Å². The highest BCUT2D eigenvalue weighted by molar-refractivity contribution is 5.85. The molecule has 2 heterocycles. The van der Waals surface area contributed by atoms with Gasteiger partial charge in [0.1, 0.15) is 0 Å². The molecule has 0 bridgehead atoms. The number of amides is 1. The van der Waals surface area contributed by atoms with E-state index in [2.05, 4.69) is 41.4 Å². The first-order chi connectivity index (χ1) is 8.68. The van der Waals surface area contributed by atoms with E-state index in [0.717, 1.165) is 19.6 Å². The highest BCUT2D eigenvalue weighted by atomic mass is 35.5. The quantitative estimate of drug-likeness (QED) is 0.855. The van der Waals surface area contributed by atoms with Gasteiger partial charge >= 0.3 is 0 Å². The summed E-state index contributed by atoms with van der Waals surface area (Å²) in [5.74, 6) is 1.41. The number of hydrogen-bond acceptors (Lipinski definition) is 2. The van der Waals surface area contributed by atoms with Crippen molar-refractivity contribution in [1.29, 1.82) is 0 Å². The predicted molar refractivity (Wildman–Crippen MR) is 78.4 cm³/mol. The minimum Gasteiger partial charge on any atom is -0.335 e. The van der Waals surface area contributed by atoms with Crippen molar-refractivity contribution in [2.24, 2.45) is 11.8 Å². The molecule has 3 rings (SSSR count). The summed E-state index contributed by atoms with van der Waals surface area (Å²) in [7, 11) is 0. The number of halogens is 1. The summed E-state index contributed by atoms with van der Waals surface area (Å²) in [6.07, 6.45) is 0. The van der Waals surface area contributed by atoms with Gasteiger partial charge in [0.15, 0.2) is 0 Å². The summed E-state index contributed by atoms with van der Waals surface area (Å²) in [6.45, 7) is 6.83. The molecule has 0 radical (unpaired) electrons. The zero-order valence-corrected chi connectivity index (χ0v) is 12.2. The fourth-order valence-electron chi connectivity index (χ4n) is 3.56. The molecule has 1 amide bonds. The van der Waals surface area contributed by atoms with Gasteiger partial charge < -0.3 is 10.2 Å². The summed E-state index contributed by atoms with van der Waals surface area (Å²) < 4.78 is 0. The Balaban J connectivity index is 0.00000133. The molecule has 3 nitrogen and oxygen atoms in total. The third kappa shape index (κ3) is 2.37. The monoisotopic (exact) mass is 280 g/mol. The van der Waals surface area contributed by atoms with E-state index < -0.39 is 0 Å². The average molecular weight is 281 g/mol. The van der Waals surface area contributed by atoms with Crippen LogP contribution in [0.3, 0.4) is 0 Å². The van der Waals surface area contributed by atoms with Crippen molar-refractivity contribution in [2.75, 3.05) is 19.6 Å². The molecular weight excluding hydrogens is 260 g/mol. The van der Waals surface area contributed by atoms with Crippen LogP contribution in [0.1, 0.15) is 24.1 Å². The van der Waals surface area contributed by atoms with Crippen LogP contribution in [0.25, 0.3) is 0 Å². The fraction of sp³-hybridized carbons (Fsp3) is 0.533. The number of carbonyl (C=O) groups excluding carboxylic acids is 1. The largest absolute Gasteiger partial charge is 0.335 e. The highest BCUT2D eigenvalue weighted by Gasteiger charge is 2.46. The molecule has 2 fully saturated rings. The third-order valence-corrected chi connectivity index (χ3v) is 4.48. The van der Waals surface area contributed by atoms with Gasteiger partial charge in [-0.25, -0.2) is 0 Å². The average Bonchev–Trinajstić information content (AvgIpc) is 2.89. The second-order valence-corrected chi connectivity index (χ2v) is 5.55. The molecule has 104 valence electrons. The Morgan fingerprint density at radius 1 is 1.32 bits per heavy atom. The van der Waals surface area contributed by atoms with Crippen molar-refractivity contribution in [3.05, 3.63) is 35.4 Å². The minimum atomic E-state index is 0. The Labute approximate surface area is 120 Å². The normalized spacial score (nSPS) is 28.9. The maximum absolute atomic E-state index is 11.9. The lowest BCUT2D eigenvalue weighted by Crippen LogP contribution is -2.33. The summed E-state index contributed by atoms with van der Waals surface area (Å²) in [6, 6.07) is 8.73. The fourth-order valence-corrected chi connectivity index (χ4v) is 3.56. The topological polar surface area (TPSA) is 32.3 Å². The summed E-state index contributed by atoms with van der Waals surface area (Å²) in [4.78, 5) is 13.9. The molecule has 2 aliphatic heterocycles. The van der Waals surface area contributed by atoms with Crippen LogP contribution in [-0.2, 0) is 4.79 Å². The Morgan fingerprint density at radius 2 is 2.05 bits per heavy atom. The van der Waals surface area contributed by atoms with Crippen LogP contribution in [0.4, 0.5) is 0 Å². The van der Waals surface area contributed by atoms with Gasteiger partial charge in [-0.05, 0) is 24.0 Å². The van der Waals surface area contributed by atoms with Crippen LogP contribution in [0.2, 0.25) is 0 Å². The standard InChI is InChI=1S/C15H20N2O.ClH/c1-10-5-3-4-6-13(10)15-14-8-16-7-12(14)9-17(15)11(2)18;/h3-6,12,14-16H,7-9H2,1-2H3;1H/t12-,14-,15-;/m1./s1. The Hall–Kier alpha value is -1.06. The van der Waals surface area contributed by atoms with E-state index in [0.29, 0.717) is 11.8 Å². The molecule has 1 aromatic carbocycles. The first kappa shape index (κ1) is 14.4. The van der Waals surface area contributed by atoms with Gasteiger partial charge in [0.2, 0.25) is 5.91 Å². The van der Waals surface area contributed by atoms with Crippen molar-refractivity contribution in [2.45, 2.75) is 19.9 Å². The molecule has 0 aliphatic carbocycles. The molecule has 0 aromatic heterocycles. The lowest BCUT2D eigenvalue weighted by Gasteiger charge is -2.28. The zero-order chi connectivity index (χ0) is 12.7. The SMILES string of the molecule is CC(=O)N1C[C@H]2CNC[C@H]2[C@H]1c1ccccc1C.Cl. The summed E-state index contributed by atoms with van der Waals surface area (Å²) in [5, 5.41) is 3.46. The second kappa shape index (κ2) is 5.51. The Bertz CT molecular complexity index is 477. The molecule has 2 aliphatic rings. The van der Waals surface area contributed by atoms with Crippen LogP contribution >= 0.6 is 12.4 Å². The predicted octanol–water partition coefficient (Wildman–Crippen LogP) is 2.16. The van der Waals surface area contributed by atoms with E-state index in [9.17, 15) is 4.79 Å². The van der Waals surface area contributed by atoms with E-state index in [1.807, 2.05) is 0 Å². The van der Waals surface area contributed by atoms with Crippen LogP contribution in [0.15, 0.2) is 24.3 Å². The van der Waals surface area contributed by atoms with Crippen LogP contribution < -0.4 is 5.32 Å². The first-order valence-electron chi connectivity index (χ1n) is 6.72. The Kier molecular flexibility index (Phi) is 4.16. The molecular formula is C15H21ClN2O. The lowest BCUT2D eigenvalue weighted by molar-refractivity contribution is -0.130. The van der Waals surface area contributed by atoms with Gasteiger partial charge in [-0.2, -0.15) is 0 Å². The first-order valence-corrected chi connectivity index (χ1v) is 6.72. The highest BCUT2D eigenvalue weighted by Crippen LogP contribution is 2.43. The second-order valence-electron chi connectivity index (χ2n) is 5.55. The third-order valence-electron chi connectivity index (χ3n) is 4.48. The summed E-state index contributed by atoms with van der Waals surface area (Å²) >= 11 is 0. The molecule has 2 saturated heterocycles. The van der Waals surface area contributed by atoms with Gasteiger partial charge in [0, 0.05) is 32.5 Å². The number of nitrogens with zero attached hydrogens (tertiary/aromatic N) is 1. The number of aryl methyl sites for hydroxylation is 1. The van der Waals surface area contributed by atoms with E-state index in [1.54, 1.807) is 6.92 Å². The molecule has 0 unspecified atom stereocenters. The van der Waals surface area contributed by atoms with Crippen LogP contribution in [0, 0.1) is 18.8 Å². The molecule has 4 heteroatoms. The van der Waals surface area contributed by atoms with Crippen molar-refractivity contribution in [3.8, 4) is 0 Å². The number of hydrogen-bond donors (Lipinski definition) is 1. The van der Waals surface area contributed by atoms with Crippen molar-refractivity contribution in [1.82, 2.24) is 10.2 Å². The minimum absolute atomic E-state index is 0. The number of nitrogens with one attached hydrogen (secondary N) is 1. The maximum atomic E-state index is 11.9. The van der Waals surface area contributed by atoms with E-state index in [-0.39, 0.29) is 24.4 Å². The molecule has 0 spiro atoms. The molecule has 0 saturated carbocycles. The zero-order valence-electron chi connectivity index (χ0n) is 11.4. The van der Waals surface area contributed by atoms with E-state index in [4.69, 9.17) is 0 Å². The summed E-state index contributed by atoms with van der Waals surface area (Å²) in [5.41, 5.74) is 2.62.